The highest BCUT2D eigenvalue weighted by Gasteiger charge is 2.29. The first-order chi connectivity index (χ1) is 14.2. The van der Waals surface area contributed by atoms with E-state index in [9.17, 15) is 4.79 Å². The van der Waals surface area contributed by atoms with Crippen LogP contribution in [0.3, 0.4) is 0 Å². The van der Waals surface area contributed by atoms with E-state index in [-0.39, 0.29) is 17.9 Å². The standard InChI is InChI=1S/C23H26N4O2/c1-16(17-9-4-3-5-10-17)24-22(28)18-11-8-14-27(15-18)21-23(29-2)26-20-13-7-6-12-19(20)25-21/h3-7,9-10,12-13,16,18H,8,11,14-15H2,1-2H3,(H,24,28)/t16-,18+/m0/s1. The number of aromatic nitrogens is 2. The molecule has 150 valence electrons. The van der Waals surface area contributed by atoms with Gasteiger partial charge in [-0.25, -0.2) is 9.97 Å². The van der Waals surface area contributed by atoms with Gasteiger partial charge in [0.25, 0.3) is 5.88 Å². The third-order valence-corrected chi connectivity index (χ3v) is 5.46. The molecule has 2 atom stereocenters. The molecule has 0 spiro atoms. The van der Waals surface area contributed by atoms with Gasteiger partial charge in [0.15, 0.2) is 5.82 Å². The van der Waals surface area contributed by atoms with E-state index in [1.54, 1.807) is 7.11 Å². The maximum Gasteiger partial charge on any atom is 0.257 e. The molecule has 2 aromatic carbocycles. The third kappa shape index (κ3) is 4.16. The van der Waals surface area contributed by atoms with Crippen LogP contribution in [-0.4, -0.2) is 36.1 Å². The van der Waals surface area contributed by atoms with Gasteiger partial charge in [-0.05, 0) is 37.5 Å². The second-order valence-electron chi connectivity index (χ2n) is 7.47. The summed E-state index contributed by atoms with van der Waals surface area (Å²) in [5.41, 5.74) is 2.74. The van der Waals surface area contributed by atoms with Crippen molar-refractivity contribution >= 4 is 22.8 Å². The molecule has 1 N–H and O–H groups in total. The summed E-state index contributed by atoms with van der Waals surface area (Å²) in [4.78, 5) is 24.4. The number of nitrogens with one attached hydrogen (secondary N) is 1. The SMILES string of the molecule is COc1nc2ccccc2nc1N1CCC[C@@H](C(=O)N[C@@H](C)c2ccccc2)C1. The average molecular weight is 390 g/mol. The van der Waals surface area contributed by atoms with Crippen molar-refractivity contribution in [2.75, 3.05) is 25.1 Å². The van der Waals surface area contributed by atoms with Gasteiger partial charge < -0.3 is 15.0 Å². The van der Waals surface area contributed by atoms with Crippen LogP contribution in [0, 0.1) is 5.92 Å². The van der Waals surface area contributed by atoms with Gasteiger partial charge in [-0.15, -0.1) is 0 Å². The molecule has 2 heterocycles. The lowest BCUT2D eigenvalue weighted by Crippen LogP contribution is -2.44. The molecule has 0 aliphatic carbocycles. The van der Waals surface area contributed by atoms with Crippen molar-refractivity contribution in [3.05, 3.63) is 60.2 Å². The molecule has 0 radical (unpaired) electrons. The van der Waals surface area contributed by atoms with Crippen molar-refractivity contribution in [3.63, 3.8) is 0 Å². The Morgan fingerprint density at radius 2 is 1.79 bits per heavy atom. The monoisotopic (exact) mass is 390 g/mol. The summed E-state index contributed by atoms with van der Waals surface area (Å²) in [7, 11) is 1.61. The number of para-hydroxylation sites is 2. The lowest BCUT2D eigenvalue weighted by molar-refractivity contribution is -0.125. The van der Waals surface area contributed by atoms with E-state index < -0.39 is 0 Å². The third-order valence-electron chi connectivity index (χ3n) is 5.46. The minimum Gasteiger partial charge on any atom is -0.478 e. The highest BCUT2D eigenvalue weighted by Crippen LogP contribution is 2.30. The highest BCUT2D eigenvalue weighted by atomic mass is 16.5. The number of carbonyl (C=O) groups is 1. The highest BCUT2D eigenvalue weighted by molar-refractivity contribution is 5.81. The fraction of sp³-hybridized carbons (Fsp3) is 0.348. The molecule has 4 rings (SSSR count). The summed E-state index contributed by atoms with van der Waals surface area (Å²) < 4.78 is 5.51. The van der Waals surface area contributed by atoms with E-state index in [0.717, 1.165) is 36.0 Å². The second-order valence-corrected chi connectivity index (χ2v) is 7.47. The molecule has 0 saturated carbocycles. The number of rotatable bonds is 5. The van der Waals surface area contributed by atoms with Crippen molar-refractivity contribution in [1.82, 2.24) is 15.3 Å². The van der Waals surface area contributed by atoms with Crippen LogP contribution in [0.25, 0.3) is 11.0 Å². The molecule has 1 fully saturated rings. The quantitative estimate of drug-likeness (QED) is 0.719. The Kier molecular flexibility index (Phi) is 5.60. The van der Waals surface area contributed by atoms with Gasteiger partial charge in [0.2, 0.25) is 5.91 Å². The number of carbonyl (C=O) groups excluding carboxylic acids is 1. The molecular formula is C23H26N4O2. The molecule has 1 aromatic heterocycles. The zero-order valence-electron chi connectivity index (χ0n) is 16.8. The minimum absolute atomic E-state index is 0.0194. The number of benzene rings is 2. The molecule has 6 nitrogen and oxygen atoms in total. The van der Waals surface area contributed by atoms with Crippen LogP contribution in [0.15, 0.2) is 54.6 Å². The second kappa shape index (κ2) is 8.47. The molecule has 6 heteroatoms. The van der Waals surface area contributed by atoms with Gasteiger partial charge in [-0.1, -0.05) is 42.5 Å². The van der Waals surface area contributed by atoms with Crippen LogP contribution in [0.2, 0.25) is 0 Å². The zero-order valence-corrected chi connectivity index (χ0v) is 16.8. The fourth-order valence-corrected chi connectivity index (χ4v) is 3.86. The number of nitrogens with zero attached hydrogens (tertiary/aromatic N) is 3. The Bertz CT molecular complexity index is 993. The van der Waals surface area contributed by atoms with Gasteiger partial charge in [-0.2, -0.15) is 0 Å². The Balaban J connectivity index is 1.51. The molecule has 3 aromatic rings. The summed E-state index contributed by atoms with van der Waals surface area (Å²) in [5, 5.41) is 3.16. The van der Waals surface area contributed by atoms with Crippen LogP contribution < -0.4 is 15.0 Å². The molecule has 1 saturated heterocycles. The smallest absolute Gasteiger partial charge is 0.257 e. The molecule has 1 amide bonds. The predicted octanol–water partition coefficient (Wildman–Crippen LogP) is 3.73. The fourth-order valence-electron chi connectivity index (χ4n) is 3.86. The lowest BCUT2D eigenvalue weighted by Gasteiger charge is -2.33. The Labute approximate surface area is 170 Å². The van der Waals surface area contributed by atoms with Crippen LogP contribution >= 0.6 is 0 Å². The van der Waals surface area contributed by atoms with Crippen molar-refractivity contribution in [1.29, 1.82) is 0 Å². The van der Waals surface area contributed by atoms with E-state index in [1.165, 1.54) is 0 Å². The number of anilines is 1. The van der Waals surface area contributed by atoms with E-state index in [0.29, 0.717) is 18.2 Å². The number of hydrogen-bond acceptors (Lipinski definition) is 5. The van der Waals surface area contributed by atoms with Gasteiger partial charge in [0.05, 0.1) is 30.1 Å². The van der Waals surface area contributed by atoms with Gasteiger partial charge in [0.1, 0.15) is 0 Å². The van der Waals surface area contributed by atoms with E-state index in [2.05, 4.69) is 15.2 Å². The van der Waals surface area contributed by atoms with Crippen LogP contribution in [0.4, 0.5) is 5.82 Å². The number of hydrogen-bond donors (Lipinski definition) is 1. The predicted molar refractivity (Wildman–Crippen MR) is 114 cm³/mol. The average Bonchev–Trinajstić information content (AvgIpc) is 2.78. The van der Waals surface area contributed by atoms with Crippen molar-refractivity contribution in [2.24, 2.45) is 5.92 Å². The Morgan fingerprint density at radius 3 is 2.52 bits per heavy atom. The molecule has 0 bridgehead atoms. The number of amides is 1. The van der Waals surface area contributed by atoms with Gasteiger partial charge >= 0.3 is 0 Å². The Morgan fingerprint density at radius 1 is 1.10 bits per heavy atom. The Hall–Kier alpha value is -3.15. The van der Waals surface area contributed by atoms with Crippen LogP contribution in [0.5, 0.6) is 5.88 Å². The first kappa shape index (κ1) is 19.2. The van der Waals surface area contributed by atoms with Crippen molar-refractivity contribution in [3.8, 4) is 5.88 Å². The number of methoxy groups -OCH3 is 1. The molecule has 0 unspecified atom stereocenters. The van der Waals surface area contributed by atoms with Crippen LogP contribution in [-0.2, 0) is 4.79 Å². The number of fused-ring (bicyclic) bond motifs is 1. The summed E-state index contributed by atoms with van der Waals surface area (Å²) in [5.74, 6) is 1.20. The number of ether oxygens (including phenoxy) is 1. The van der Waals surface area contributed by atoms with E-state index in [1.807, 2.05) is 61.5 Å². The summed E-state index contributed by atoms with van der Waals surface area (Å²) in [6.07, 6.45) is 1.79. The topological polar surface area (TPSA) is 67.4 Å². The molecular weight excluding hydrogens is 364 g/mol. The summed E-state index contributed by atoms with van der Waals surface area (Å²) >= 11 is 0. The van der Waals surface area contributed by atoms with Gasteiger partial charge in [-0.3, -0.25) is 4.79 Å². The van der Waals surface area contributed by atoms with E-state index >= 15 is 0 Å². The van der Waals surface area contributed by atoms with E-state index in [4.69, 9.17) is 9.72 Å². The molecule has 1 aliphatic rings. The van der Waals surface area contributed by atoms with Crippen LogP contribution in [0.1, 0.15) is 31.4 Å². The minimum atomic E-state index is -0.0899. The largest absolute Gasteiger partial charge is 0.478 e. The molecule has 1 aliphatic heterocycles. The first-order valence-electron chi connectivity index (χ1n) is 10.1. The summed E-state index contributed by atoms with van der Waals surface area (Å²) in [6.45, 7) is 3.46. The van der Waals surface area contributed by atoms with Crippen molar-refractivity contribution in [2.45, 2.75) is 25.8 Å². The summed E-state index contributed by atoms with van der Waals surface area (Å²) in [6, 6.07) is 17.8. The maximum absolute atomic E-state index is 12.9. The lowest BCUT2D eigenvalue weighted by atomic mass is 9.96. The normalized spacial score (nSPS) is 17.7. The maximum atomic E-state index is 12.9. The number of piperidine rings is 1. The van der Waals surface area contributed by atoms with Crippen molar-refractivity contribution < 1.29 is 9.53 Å². The zero-order chi connectivity index (χ0) is 20.2. The first-order valence-corrected chi connectivity index (χ1v) is 10.1. The molecule has 29 heavy (non-hydrogen) atoms. The van der Waals surface area contributed by atoms with Gasteiger partial charge in [0, 0.05) is 13.1 Å².